The number of nitrogen functional groups attached to an aromatic ring is 1. The van der Waals surface area contributed by atoms with Crippen molar-refractivity contribution in [1.29, 1.82) is 0 Å². The molecule has 10 nitrogen and oxygen atoms in total. The van der Waals surface area contributed by atoms with E-state index in [1.165, 1.54) is 17.3 Å². The van der Waals surface area contributed by atoms with E-state index < -0.39 is 6.04 Å². The zero-order chi connectivity index (χ0) is 13.0. The minimum atomic E-state index is -0.574. The summed E-state index contributed by atoms with van der Waals surface area (Å²) in [5.41, 5.74) is 5.54. The minimum absolute atomic E-state index is 0.00682. The lowest BCUT2D eigenvalue weighted by Gasteiger charge is -2.13. The summed E-state index contributed by atoms with van der Waals surface area (Å²) >= 11 is 0. The molecule has 0 radical (unpaired) electrons. The van der Waals surface area contributed by atoms with Crippen LogP contribution in [0.4, 0.5) is 11.9 Å². The standard InChI is InChI=1S/C8H12N8O2/c9-6-13-7(12-5(1-17)2-18)15-8(14-6)16-4-10-3-11-16/h3-5,17-18H,1-2H2,(H3,9,12,13,14,15). The predicted molar refractivity (Wildman–Crippen MR) is 60.7 cm³/mol. The van der Waals surface area contributed by atoms with E-state index in [9.17, 15) is 0 Å². The molecule has 96 valence electrons. The Morgan fingerprint density at radius 3 is 2.67 bits per heavy atom. The molecular formula is C8H12N8O2. The van der Waals surface area contributed by atoms with Crippen LogP contribution >= 0.6 is 0 Å². The third-order valence-electron chi connectivity index (χ3n) is 2.04. The van der Waals surface area contributed by atoms with E-state index in [4.69, 9.17) is 15.9 Å². The summed E-state index contributed by atoms with van der Waals surface area (Å²) in [6.45, 7) is -0.526. The molecule has 2 rings (SSSR count). The maximum atomic E-state index is 8.96. The highest BCUT2D eigenvalue weighted by atomic mass is 16.3. The monoisotopic (exact) mass is 252 g/mol. The van der Waals surface area contributed by atoms with E-state index in [-0.39, 0.29) is 31.1 Å². The molecule has 10 heteroatoms. The van der Waals surface area contributed by atoms with Gasteiger partial charge in [-0.3, -0.25) is 0 Å². The number of aromatic nitrogens is 6. The lowest BCUT2D eigenvalue weighted by atomic mass is 10.3. The molecule has 0 bridgehead atoms. The first-order valence-corrected chi connectivity index (χ1v) is 5.07. The first kappa shape index (κ1) is 12.1. The number of nitrogens with zero attached hydrogens (tertiary/aromatic N) is 6. The highest BCUT2D eigenvalue weighted by Crippen LogP contribution is 2.06. The summed E-state index contributed by atoms with van der Waals surface area (Å²) in [5, 5.41) is 24.5. The van der Waals surface area contributed by atoms with Crippen molar-refractivity contribution in [2.75, 3.05) is 24.3 Å². The molecule has 0 aliphatic rings. The van der Waals surface area contributed by atoms with E-state index >= 15 is 0 Å². The molecule has 2 heterocycles. The van der Waals surface area contributed by atoms with E-state index in [1.54, 1.807) is 0 Å². The minimum Gasteiger partial charge on any atom is -0.394 e. The van der Waals surface area contributed by atoms with Crippen LogP contribution in [0, 0.1) is 0 Å². The first-order chi connectivity index (χ1) is 8.72. The number of anilines is 2. The molecule has 0 amide bonds. The van der Waals surface area contributed by atoms with Crippen molar-refractivity contribution in [3.05, 3.63) is 12.7 Å². The van der Waals surface area contributed by atoms with Crippen molar-refractivity contribution < 1.29 is 10.2 Å². The van der Waals surface area contributed by atoms with Crippen LogP contribution in [0.5, 0.6) is 0 Å². The number of hydrogen-bond acceptors (Lipinski definition) is 9. The SMILES string of the molecule is Nc1nc(NC(CO)CO)nc(-n2cncn2)n1. The van der Waals surface area contributed by atoms with Gasteiger partial charge in [0.05, 0.1) is 19.3 Å². The van der Waals surface area contributed by atoms with Crippen LogP contribution in [0.25, 0.3) is 5.95 Å². The van der Waals surface area contributed by atoms with Gasteiger partial charge in [-0.2, -0.15) is 24.7 Å². The second kappa shape index (κ2) is 5.33. The molecule has 5 N–H and O–H groups in total. The van der Waals surface area contributed by atoms with E-state index in [2.05, 4.69) is 30.4 Å². The van der Waals surface area contributed by atoms with Gasteiger partial charge in [-0.25, -0.2) is 4.98 Å². The number of aliphatic hydroxyl groups is 2. The first-order valence-electron chi connectivity index (χ1n) is 5.07. The van der Waals surface area contributed by atoms with Gasteiger partial charge in [-0.05, 0) is 0 Å². The second-order valence-corrected chi connectivity index (χ2v) is 3.36. The Bertz CT molecular complexity index is 498. The molecule has 0 aliphatic carbocycles. The fourth-order valence-corrected chi connectivity index (χ4v) is 1.19. The van der Waals surface area contributed by atoms with Gasteiger partial charge in [-0.15, -0.1) is 0 Å². The fraction of sp³-hybridized carbons (Fsp3) is 0.375. The van der Waals surface area contributed by atoms with Crippen molar-refractivity contribution in [2.45, 2.75) is 6.04 Å². The number of aliphatic hydroxyl groups excluding tert-OH is 2. The van der Waals surface area contributed by atoms with E-state index in [0.29, 0.717) is 0 Å². The molecular weight excluding hydrogens is 240 g/mol. The van der Waals surface area contributed by atoms with Gasteiger partial charge < -0.3 is 21.3 Å². The van der Waals surface area contributed by atoms with Crippen LogP contribution in [-0.4, -0.2) is 59.2 Å². The fourth-order valence-electron chi connectivity index (χ4n) is 1.19. The predicted octanol–water partition coefficient (Wildman–Crippen LogP) is -2.20. The molecule has 0 saturated carbocycles. The molecule has 2 aromatic heterocycles. The normalized spacial score (nSPS) is 10.8. The zero-order valence-corrected chi connectivity index (χ0v) is 9.30. The van der Waals surface area contributed by atoms with Gasteiger partial charge in [0.25, 0.3) is 5.95 Å². The molecule has 0 unspecified atom stereocenters. The smallest absolute Gasteiger partial charge is 0.258 e. The number of hydrogen-bond donors (Lipinski definition) is 4. The molecule has 0 fully saturated rings. The zero-order valence-electron chi connectivity index (χ0n) is 9.30. The Morgan fingerprint density at radius 1 is 1.28 bits per heavy atom. The Hall–Kier alpha value is -2.33. The highest BCUT2D eigenvalue weighted by molar-refractivity contribution is 5.35. The molecule has 0 atom stereocenters. The van der Waals surface area contributed by atoms with Crippen LogP contribution in [-0.2, 0) is 0 Å². The largest absolute Gasteiger partial charge is 0.394 e. The van der Waals surface area contributed by atoms with Gasteiger partial charge in [0.15, 0.2) is 0 Å². The van der Waals surface area contributed by atoms with Crippen molar-refractivity contribution in [2.24, 2.45) is 0 Å². The number of rotatable bonds is 5. The summed E-state index contributed by atoms with van der Waals surface area (Å²) in [7, 11) is 0. The molecule has 2 aromatic rings. The van der Waals surface area contributed by atoms with Crippen molar-refractivity contribution in [1.82, 2.24) is 29.7 Å². The van der Waals surface area contributed by atoms with Crippen LogP contribution in [0.2, 0.25) is 0 Å². The highest BCUT2D eigenvalue weighted by Gasteiger charge is 2.11. The average molecular weight is 252 g/mol. The number of nitrogens with two attached hydrogens (primary N) is 1. The van der Waals surface area contributed by atoms with Crippen molar-refractivity contribution in [3.8, 4) is 5.95 Å². The third-order valence-corrected chi connectivity index (χ3v) is 2.04. The lowest BCUT2D eigenvalue weighted by Crippen LogP contribution is -2.29. The van der Waals surface area contributed by atoms with Crippen LogP contribution in [0.1, 0.15) is 0 Å². The summed E-state index contributed by atoms with van der Waals surface area (Å²) in [6.07, 6.45) is 2.74. The number of nitrogens with one attached hydrogen (secondary N) is 1. The summed E-state index contributed by atoms with van der Waals surface area (Å²) in [5.74, 6) is 0.325. The van der Waals surface area contributed by atoms with Crippen LogP contribution < -0.4 is 11.1 Å². The van der Waals surface area contributed by atoms with E-state index in [0.717, 1.165) is 0 Å². The Morgan fingerprint density at radius 2 is 2.06 bits per heavy atom. The summed E-state index contributed by atoms with van der Waals surface area (Å²) in [4.78, 5) is 15.5. The van der Waals surface area contributed by atoms with Gasteiger partial charge in [0, 0.05) is 0 Å². The Labute approximate surface area is 102 Å². The average Bonchev–Trinajstić information content (AvgIpc) is 2.89. The third kappa shape index (κ3) is 2.67. The van der Waals surface area contributed by atoms with Gasteiger partial charge in [0.1, 0.15) is 12.7 Å². The lowest BCUT2D eigenvalue weighted by molar-refractivity contribution is 0.203. The molecule has 0 aromatic carbocycles. The van der Waals surface area contributed by atoms with E-state index in [1.807, 2.05) is 0 Å². The van der Waals surface area contributed by atoms with Gasteiger partial charge in [-0.1, -0.05) is 0 Å². The molecule has 0 aliphatic heterocycles. The second-order valence-electron chi connectivity index (χ2n) is 3.36. The van der Waals surface area contributed by atoms with Crippen molar-refractivity contribution in [3.63, 3.8) is 0 Å². The topological polar surface area (TPSA) is 148 Å². The van der Waals surface area contributed by atoms with Crippen molar-refractivity contribution >= 4 is 11.9 Å². The summed E-state index contributed by atoms with van der Waals surface area (Å²) in [6, 6.07) is -0.574. The maximum Gasteiger partial charge on any atom is 0.258 e. The molecule has 18 heavy (non-hydrogen) atoms. The van der Waals surface area contributed by atoms with Gasteiger partial charge >= 0.3 is 0 Å². The molecule has 0 saturated heterocycles. The Balaban J connectivity index is 2.27. The van der Waals surface area contributed by atoms with Gasteiger partial charge in [0.2, 0.25) is 11.9 Å². The quantitative estimate of drug-likeness (QED) is 0.465. The molecule has 0 spiro atoms. The van der Waals surface area contributed by atoms with Crippen LogP contribution in [0.15, 0.2) is 12.7 Å². The summed E-state index contributed by atoms with van der Waals surface area (Å²) < 4.78 is 1.32. The Kier molecular flexibility index (Phi) is 3.60. The van der Waals surface area contributed by atoms with Crippen LogP contribution in [0.3, 0.4) is 0 Å². The maximum absolute atomic E-state index is 8.96.